The number of nitrogens with zero attached hydrogens (tertiary/aromatic N) is 5. The van der Waals surface area contributed by atoms with E-state index < -0.39 is 6.10 Å². The quantitative estimate of drug-likeness (QED) is 0.833. The molecule has 3 rings (SSSR count). The molecule has 0 N–H and O–H groups in total. The average molecular weight is 331 g/mol. The van der Waals surface area contributed by atoms with E-state index in [1.807, 2.05) is 26.0 Å². The smallest absolute Gasteiger partial charge is 0.263 e. The topological polar surface area (TPSA) is 82.4 Å². The fourth-order valence-electron chi connectivity index (χ4n) is 2.83. The molecule has 2 aromatic rings. The van der Waals surface area contributed by atoms with E-state index in [0.29, 0.717) is 18.8 Å². The highest BCUT2D eigenvalue weighted by atomic mass is 16.5. The van der Waals surface area contributed by atoms with Gasteiger partial charge < -0.3 is 14.4 Å². The summed E-state index contributed by atoms with van der Waals surface area (Å²) in [5.74, 6) is 0.601. The third-order valence-corrected chi connectivity index (χ3v) is 3.84. The minimum absolute atomic E-state index is 0.0263. The molecule has 8 nitrogen and oxygen atoms in total. The Morgan fingerprint density at radius 2 is 1.92 bits per heavy atom. The van der Waals surface area contributed by atoms with E-state index in [-0.39, 0.29) is 18.1 Å². The van der Waals surface area contributed by atoms with Crippen LogP contribution in [0, 0.1) is 0 Å². The van der Waals surface area contributed by atoms with Crippen molar-refractivity contribution in [2.45, 2.75) is 39.1 Å². The lowest BCUT2D eigenvalue weighted by molar-refractivity contribution is -0.149. The molecule has 2 heterocycles. The van der Waals surface area contributed by atoms with Crippen molar-refractivity contribution in [1.82, 2.24) is 25.1 Å². The number of hydrogen-bond acceptors (Lipinski definition) is 6. The van der Waals surface area contributed by atoms with Gasteiger partial charge in [0.25, 0.3) is 5.91 Å². The number of rotatable bonds is 4. The summed E-state index contributed by atoms with van der Waals surface area (Å²) in [5, 5.41) is 11.0. The molecule has 1 aliphatic heterocycles. The van der Waals surface area contributed by atoms with Gasteiger partial charge in [0.2, 0.25) is 0 Å². The van der Waals surface area contributed by atoms with Gasteiger partial charge in [-0.1, -0.05) is 0 Å². The van der Waals surface area contributed by atoms with Gasteiger partial charge in [-0.2, -0.15) is 0 Å². The summed E-state index contributed by atoms with van der Waals surface area (Å²) in [6.45, 7) is 6.89. The lowest BCUT2D eigenvalue weighted by atomic mass is 10.2. The normalized spacial score (nSPS) is 22.2. The Hall–Kier alpha value is -2.48. The van der Waals surface area contributed by atoms with Crippen LogP contribution in [0.3, 0.4) is 0 Å². The number of benzene rings is 1. The van der Waals surface area contributed by atoms with Crippen molar-refractivity contribution in [1.29, 1.82) is 0 Å². The zero-order chi connectivity index (χ0) is 17.1. The first-order valence-electron chi connectivity index (χ1n) is 7.97. The highest BCUT2D eigenvalue weighted by molar-refractivity contribution is 5.81. The Labute approximate surface area is 140 Å². The summed E-state index contributed by atoms with van der Waals surface area (Å²) in [4.78, 5) is 14.4. The molecule has 1 aliphatic rings. The molecule has 1 fully saturated rings. The first kappa shape index (κ1) is 16.4. The second-order valence-electron chi connectivity index (χ2n) is 6.01. The van der Waals surface area contributed by atoms with Crippen LogP contribution in [0.25, 0.3) is 5.69 Å². The van der Waals surface area contributed by atoms with Crippen LogP contribution in [0.5, 0.6) is 5.75 Å². The molecule has 1 saturated heterocycles. The highest BCUT2D eigenvalue weighted by Crippen LogP contribution is 2.18. The summed E-state index contributed by atoms with van der Waals surface area (Å²) >= 11 is 0. The first-order chi connectivity index (χ1) is 11.5. The maximum atomic E-state index is 12.6. The van der Waals surface area contributed by atoms with Crippen molar-refractivity contribution < 1.29 is 14.3 Å². The lowest BCUT2D eigenvalue weighted by Gasteiger charge is -2.36. The molecule has 3 atom stereocenters. The zero-order valence-corrected chi connectivity index (χ0v) is 14.0. The van der Waals surface area contributed by atoms with E-state index in [0.717, 1.165) is 5.69 Å². The molecule has 1 aromatic carbocycles. The fraction of sp³-hybridized carbons (Fsp3) is 0.500. The second kappa shape index (κ2) is 6.96. The summed E-state index contributed by atoms with van der Waals surface area (Å²) in [6, 6.07) is 7.26. The molecule has 0 bridgehead atoms. The van der Waals surface area contributed by atoms with Gasteiger partial charge >= 0.3 is 0 Å². The van der Waals surface area contributed by atoms with Crippen LogP contribution in [0.4, 0.5) is 0 Å². The summed E-state index contributed by atoms with van der Waals surface area (Å²) in [5.41, 5.74) is 0.821. The minimum Gasteiger partial charge on any atom is -0.481 e. The van der Waals surface area contributed by atoms with E-state index >= 15 is 0 Å². The summed E-state index contributed by atoms with van der Waals surface area (Å²) < 4.78 is 13.0. The third-order valence-electron chi connectivity index (χ3n) is 3.84. The maximum absolute atomic E-state index is 12.6. The van der Waals surface area contributed by atoms with Crippen molar-refractivity contribution in [3.8, 4) is 11.4 Å². The molecule has 0 unspecified atom stereocenters. The average Bonchev–Trinajstić information content (AvgIpc) is 3.08. The number of morpholine rings is 1. The SMILES string of the molecule is C[C@@H]1CN(C(=O)[C@@H](C)Oc2ccc(-n3cnnn3)cc2)C[C@@H](C)O1. The molecule has 128 valence electrons. The Bertz CT molecular complexity index is 664. The number of ether oxygens (including phenoxy) is 2. The molecule has 24 heavy (non-hydrogen) atoms. The number of amides is 1. The van der Waals surface area contributed by atoms with Crippen LogP contribution in [0.15, 0.2) is 30.6 Å². The van der Waals surface area contributed by atoms with Gasteiger partial charge in [-0.25, -0.2) is 4.68 Å². The maximum Gasteiger partial charge on any atom is 0.263 e. The van der Waals surface area contributed by atoms with E-state index in [9.17, 15) is 4.79 Å². The molecular weight excluding hydrogens is 310 g/mol. The fourth-order valence-corrected chi connectivity index (χ4v) is 2.83. The molecule has 8 heteroatoms. The van der Waals surface area contributed by atoms with E-state index in [1.54, 1.807) is 28.6 Å². The number of carbonyl (C=O) groups excluding carboxylic acids is 1. The van der Waals surface area contributed by atoms with Gasteiger partial charge in [-0.15, -0.1) is 5.10 Å². The Morgan fingerprint density at radius 1 is 1.25 bits per heavy atom. The number of hydrogen-bond donors (Lipinski definition) is 0. The molecular formula is C16H21N5O3. The third kappa shape index (κ3) is 3.70. The highest BCUT2D eigenvalue weighted by Gasteiger charge is 2.29. The van der Waals surface area contributed by atoms with Gasteiger partial charge in [0.15, 0.2) is 6.10 Å². The number of aromatic nitrogens is 4. The summed E-state index contributed by atoms with van der Waals surface area (Å²) in [6.07, 6.45) is 1.05. The number of carbonyl (C=O) groups is 1. The van der Waals surface area contributed by atoms with Crippen LogP contribution in [0.1, 0.15) is 20.8 Å². The van der Waals surface area contributed by atoms with Crippen LogP contribution in [-0.4, -0.2) is 62.4 Å². The van der Waals surface area contributed by atoms with E-state index in [2.05, 4.69) is 15.5 Å². The van der Waals surface area contributed by atoms with Crippen LogP contribution in [0.2, 0.25) is 0 Å². The van der Waals surface area contributed by atoms with Crippen LogP contribution < -0.4 is 4.74 Å². The zero-order valence-electron chi connectivity index (χ0n) is 14.0. The van der Waals surface area contributed by atoms with Gasteiger partial charge in [-0.05, 0) is 55.5 Å². The largest absolute Gasteiger partial charge is 0.481 e. The molecule has 0 spiro atoms. The van der Waals surface area contributed by atoms with Crippen molar-refractivity contribution in [2.24, 2.45) is 0 Å². The van der Waals surface area contributed by atoms with Crippen molar-refractivity contribution >= 4 is 5.91 Å². The van der Waals surface area contributed by atoms with Crippen LogP contribution in [-0.2, 0) is 9.53 Å². The van der Waals surface area contributed by atoms with Gasteiger partial charge in [-0.3, -0.25) is 4.79 Å². The first-order valence-corrected chi connectivity index (χ1v) is 7.97. The Kier molecular flexibility index (Phi) is 4.75. The Balaban J connectivity index is 1.61. The standard InChI is InChI=1S/C16H21N5O3/c1-11-8-20(9-12(2)23-11)16(22)13(3)24-15-6-4-14(5-7-15)21-10-17-18-19-21/h4-7,10-13H,8-9H2,1-3H3/t11-,12-,13-/m1/s1. The molecule has 0 aliphatic carbocycles. The number of tetrazole rings is 1. The van der Waals surface area contributed by atoms with Crippen LogP contribution >= 0.6 is 0 Å². The lowest BCUT2D eigenvalue weighted by Crippen LogP contribution is -2.51. The van der Waals surface area contributed by atoms with E-state index in [4.69, 9.17) is 9.47 Å². The monoisotopic (exact) mass is 331 g/mol. The minimum atomic E-state index is -0.554. The van der Waals surface area contributed by atoms with Gasteiger partial charge in [0, 0.05) is 13.1 Å². The predicted octanol–water partition coefficient (Wildman–Crippen LogP) is 1.07. The molecule has 1 amide bonds. The Morgan fingerprint density at radius 3 is 2.50 bits per heavy atom. The molecule has 1 aromatic heterocycles. The predicted molar refractivity (Wildman–Crippen MR) is 85.8 cm³/mol. The van der Waals surface area contributed by atoms with Crippen molar-refractivity contribution in [3.05, 3.63) is 30.6 Å². The van der Waals surface area contributed by atoms with Crippen molar-refractivity contribution in [2.75, 3.05) is 13.1 Å². The van der Waals surface area contributed by atoms with Gasteiger partial charge in [0.1, 0.15) is 12.1 Å². The van der Waals surface area contributed by atoms with E-state index in [1.165, 1.54) is 6.33 Å². The molecule has 0 saturated carbocycles. The second-order valence-corrected chi connectivity index (χ2v) is 6.01. The van der Waals surface area contributed by atoms with Gasteiger partial charge in [0.05, 0.1) is 17.9 Å². The summed E-state index contributed by atoms with van der Waals surface area (Å²) in [7, 11) is 0. The van der Waals surface area contributed by atoms with Crippen molar-refractivity contribution in [3.63, 3.8) is 0 Å². The molecule has 0 radical (unpaired) electrons.